The van der Waals surface area contributed by atoms with Crippen LogP contribution in [0.5, 0.6) is 11.5 Å². The van der Waals surface area contributed by atoms with E-state index in [-0.39, 0.29) is 29.0 Å². The van der Waals surface area contributed by atoms with Crippen LogP contribution in [-0.2, 0) is 6.42 Å². The number of fused-ring (bicyclic) bond motifs is 1. The van der Waals surface area contributed by atoms with Gasteiger partial charge >= 0.3 is 0 Å². The molecule has 0 saturated heterocycles. The molecule has 2 heterocycles. The van der Waals surface area contributed by atoms with Crippen molar-refractivity contribution in [2.24, 2.45) is 0 Å². The zero-order valence-corrected chi connectivity index (χ0v) is 18.3. The zero-order valence-electron chi connectivity index (χ0n) is 18.3. The van der Waals surface area contributed by atoms with Crippen molar-refractivity contribution in [2.75, 3.05) is 4.90 Å². The summed E-state index contributed by atoms with van der Waals surface area (Å²) in [5, 5.41) is 19.8. The van der Waals surface area contributed by atoms with Crippen LogP contribution in [0.1, 0.15) is 29.3 Å². The van der Waals surface area contributed by atoms with E-state index in [1.807, 2.05) is 49.5 Å². The molecule has 0 bridgehead atoms. The summed E-state index contributed by atoms with van der Waals surface area (Å²) in [4.78, 5) is 19.7. The summed E-state index contributed by atoms with van der Waals surface area (Å²) in [5.41, 5.74) is 6.17. The Hall–Kier alpha value is -4.12. The maximum absolute atomic E-state index is 13.3. The topological polar surface area (TPSA) is 73.7 Å². The van der Waals surface area contributed by atoms with Gasteiger partial charge in [-0.15, -0.1) is 0 Å². The van der Waals surface area contributed by atoms with Crippen molar-refractivity contribution in [1.29, 1.82) is 0 Å². The smallest absolute Gasteiger partial charge is 0.262 e. The van der Waals surface area contributed by atoms with Gasteiger partial charge in [0.1, 0.15) is 11.5 Å². The van der Waals surface area contributed by atoms with Crippen LogP contribution in [0.3, 0.4) is 0 Å². The van der Waals surface area contributed by atoms with E-state index in [4.69, 9.17) is 0 Å². The number of carbonyl (C=O) groups excluding carboxylic acids is 1. The van der Waals surface area contributed by atoms with Crippen molar-refractivity contribution in [3.8, 4) is 33.9 Å². The molecule has 1 atom stereocenters. The van der Waals surface area contributed by atoms with Gasteiger partial charge < -0.3 is 15.1 Å². The number of benzene rings is 3. The lowest BCUT2D eigenvalue weighted by Gasteiger charge is -2.35. The molecule has 4 aromatic rings. The Balaban J connectivity index is 1.46. The standard InChI is InChI=1S/C28H24N2O3/c1-18-7-8-21-15-20(25-13-9-22(17-29-25)19-5-3-2-4-6-19)10-14-26(21)30(18)28(33)24-12-11-23(31)16-27(24)32/h2-6,9-18,31-32H,7-8H2,1H3/t18-/m0/s1. The third-order valence-corrected chi connectivity index (χ3v) is 6.21. The summed E-state index contributed by atoms with van der Waals surface area (Å²) >= 11 is 0. The van der Waals surface area contributed by atoms with Gasteiger partial charge in [0.25, 0.3) is 5.91 Å². The number of phenolic OH excluding ortho intramolecular Hbond substituents is 2. The monoisotopic (exact) mass is 436 g/mol. The minimum absolute atomic E-state index is 0.00710. The molecule has 0 fully saturated rings. The van der Waals surface area contributed by atoms with Crippen molar-refractivity contribution >= 4 is 11.6 Å². The molecule has 5 nitrogen and oxygen atoms in total. The van der Waals surface area contributed by atoms with Crippen LogP contribution in [0.25, 0.3) is 22.4 Å². The molecule has 1 aromatic heterocycles. The Morgan fingerprint density at radius 3 is 2.42 bits per heavy atom. The van der Waals surface area contributed by atoms with Gasteiger partial charge in [-0.1, -0.05) is 42.5 Å². The molecule has 1 aliphatic rings. The molecule has 1 aliphatic heterocycles. The second-order valence-corrected chi connectivity index (χ2v) is 8.41. The highest BCUT2D eigenvalue weighted by molar-refractivity contribution is 6.09. The molecule has 5 heteroatoms. The SMILES string of the molecule is C[C@H]1CCc2cc(-c3ccc(-c4ccccc4)cn3)ccc2N1C(=O)c1ccc(O)cc1O. The lowest BCUT2D eigenvalue weighted by Crippen LogP contribution is -2.42. The molecule has 0 aliphatic carbocycles. The van der Waals surface area contributed by atoms with Crippen LogP contribution in [0, 0.1) is 0 Å². The van der Waals surface area contributed by atoms with E-state index in [1.165, 1.54) is 18.2 Å². The largest absolute Gasteiger partial charge is 0.508 e. The fourth-order valence-electron chi connectivity index (χ4n) is 4.42. The number of anilines is 1. The first-order valence-corrected chi connectivity index (χ1v) is 11.0. The summed E-state index contributed by atoms with van der Waals surface area (Å²) in [6.07, 6.45) is 3.56. The van der Waals surface area contributed by atoms with Crippen molar-refractivity contribution in [3.05, 3.63) is 96.2 Å². The minimum atomic E-state index is -0.279. The van der Waals surface area contributed by atoms with Crippen molar-refractivity contribution in [1.82, 2.24) is 4.98 Å². The number of rotatable bonds is 3. The van der Waals surface area contributed by atoms with Crippen molar-refractivity contribution in [2.45, 2.75) is 25.8 Å². The molecular weight excluding hydrogens is 412 g/mol. The molecule has 0 spiro atoms. The van der Waals surface area contributed by atoms with E-state index in [2.05, 4.69) is 29.2 Å². The van der Waals surface area contributed by atoms with Crippen LogP contribution in [0.2, 0.25) is 0 Å². The van der Waals surface area contributed by atoms with Crippen molar-refractivity contribution < 1.29 is 15.0 Å². The molecule has 3 aromatic carbocycles. The van der Waals surface area contributed by atoms with Gasteiger partial charge in [-0.3, -0.25) is 9.78 Å². The normalized spacial score (nSPS) is 15.2. The molecule has 1 amide bonds. The van der Waals surface area contributed by atoms with E-state index < -0.39 is 0 Å². The number of hydrogen-bond acceptors (Lipinski definition) is 4. The predicted octanol–water partition coefficient (Wildman–Crippen LogP) is 5.81. The Morgan fingerprint density at radius 2 is 1.70 bits per heavy atom. The third kappa shape index (κ3) is 3.94. The number of aromatic hydroxyl groups is 2. The highest BCUT2D eigenvalue weighted by Crippen LogP contribution is 2.36. The fourth-order valence-corrected chi connectivity index (χ4v) is 4.42. The molecule has 164 valence electrons. The van der Waals surface area contributed by atoms with E-state index in [0.717, 1.165) is 46.5 Å². The van der Waals surface area contributed by atoms with Crippen LogP contribution in [-0.4, -0.2) is 27.1 Å². The average molecular weight is 437 g/mol. The van der Waals surface area contributed by atoms with Gasteiger partial charge in [-0.05, 0) is 61.2 Å². The molecule has 0 saturated carbocycles. The number of aromatic nitrogens is 1. The third-order valence-electron chi connectivity index (χ3n) is 6.21. The number of hydrogen-bond donors (Lipinski definition) is 2. The number of aryl methyl sites for hydroxylation is 1. The van der Waals surface area contributed by atoms with Crippen LogP contribution in [0.4, 0.5) is 5.69 Å². The van der Waals surface area contributed by atoms with E-state index in [9.17, 15) is 15.0 Å². The number of nitrogens with zero attached hydrogens (tertiary/aromatic N) is 2. The molecule has 0 radical (unpaired) electrons. The average Bonchev–Trinajstić information content (AvgIpc) is 2.84. The highest BCUT2D eigenvalue weighted by atomic mass is 16.3. The second kappa shape index (κ2) is 8.43. The molecule has 5 rings (SSSR count). The maximum atomic E-state index is 13.3. The molecule has 2 N–H and O–H groups in total. The van der Waals surface area contributed by atoms with E-state index in [1.54, 1.807) is 4.90 Å². The predicted molar refractivity (Wildman–Crippen MR) is 129 cm³/mol. The van der Waals surface area contributed by atoms with Gasteiger partial charge in [0.2, 0.25) is 0 Å². The Labute approximate surface area is 192 Å². The summed E-state index contributed by atoms with van der Waals surface area (Å²) in [6.45, 7) is 2.01. The molecular formula is C28H24N2O3. The highest BCUT2D eigenvalue weighted by Gasteiger charge is 2.30. The molecule has 33 heavy (non-hydrogen) atoms. The van der Waals surface area contributed by atoms with Crippen molar-refractivity contribution in [3.63, 3.8) is 0 Å². The summed E-state index contributed by atoms with van der Waals surface area (Å²) in [7, 11) is 0. The first-order chi connectivity index (χ1) is 16.0. The van der Waals surface area contributed by atoms with Gasteiger partial charge in [0.15, 0.2) is 0 Å². The summed E-state index contributed by atoms with van der Waals surface area (Å²) in [5.74, 6) is -0.579. The fraction of sp³-hybridized carbons (Fsp3) is 0.143. The zero-order chi connectivity index (χ0) is 22.9. The first-order valence-electron chi connectivity index (χ1n) is 11.0. The second-order valence-electron chi connectivity index (χ2n) is 8.41. The Kier molecular flexibility index (Phi) is 5.31. The number of amides is 1. The number of pyridine rings is 1. The lowest BCUT2D eigenvalue weighted by atomic mass is 9.93. The molecule has 0 unspecified atom stereocenters. The lowest BCUT2D eigenvalue weighted by molar-refractivity contribution is 0.0972. The van der Waals surface area contributed by atoms with Crippen LogP contribution >= 0.6 is 0 Å². The van der Waals surface area contributed by atoms with Crippen LogP contribution < -0.4 is 4.90 Å². The number of phenols is 2. The Morgan fingerprint density at radius 1 is 0.909 bits per heavy atom. The van der Waals surface area contributed by atoms with Gasteiger partial charge in [-0.2, -0.15) is 0 Å². The minimum Gasteiger partial charge on any atom is -0.508 e. The Bertz CT molecular complexity index is 1320. The summed E-state index contributed by atoms with van der Waals surface area (Å²) in [6, 6.07) is 24.3. The number of carbonyl (C=O) groups is 1. The quantitative estimate of drug-likeness (QED) is 0.425. The van der Waals surface area contributed by atoms with E-state index in [0.29, 0.717) is 0 Å². The van der Waals surface area contributed by atoms with Gasteiger partial charge in [-0.25, -0.2) is 0 Å². The van der Waals surface area contributed by atoms with Gasteiger partial charge in [0.05, 0.1) is 11.3 Å². The summed E-state index contributed by atoms with van der Waals surface area (Å²) < 4.78 is 0. The maximum Gasteiger partial charge on any atom is 0.262 e. The van der Waals surface area contributed by atoms with Crippen LogP contribution in [0.15, 0.2) is 85.1 Å². The van der Waals surface area contributed by atoms with Gasteiger partial charge in [0, 0.05) is 35.1 Å². The van der Waals surface area contributed by atoms with E-state index >= 15 is 0 Å². The first kappa shape index (κ1) is 20.8.